The Hall–Kier alpha value is -1.37. The van der Waals surface area contributed by atoms with Crippen LogP contribution in [0.25, 0.3) is 11.0 Å². The van der Waals surface area contributed by atoms with Crippen LogP contribution in [-0.2, 0) is 15.8 Å². The molecule has 2 aromatic rings. The van der Waals surface area contributed by atoms with Crippen molar-refractivity contribution in [2.75, 3.05) is 0 Å². The van der Waals surface area contributed by atoms with Gasteiger partial charge in [-0.15, -0.1) is 0 Å². The maximum atomic E-state index is 11.1. The van der Waals surface area contributed by atoms with Crippen LogP contribution in [0.2, 0.25) is 0 Å². The Kier molecular flexibility index (Phi) is 2.47. The van der Waals surface area contributed by atoms with Gasteiger partial charge in [0.05, 0.1) is 12.0 Å². The van der Waals surface area contributed by atoms with Crippen LogP contribution in [0.5, 0.6) is 0 Å². The Balaban J connectivity index is 2.46. The van der Waals surface area contributed by atoms with Gasteiger partial charge in [0.15, 0.2) is 0 Å². The van der Waals surface area contributed by atoms with Gasteiger partial charge >= 0.3 is 0 Å². The maximum Gasteiger partial charge on any atom is 0.237 e. The zero-order valence-corrected chi connectivity index (χ0v) is 8.49. The van der Waals surface area contributed by atoms with Crippen molar-refractivity contribution in [3.8, 4) is 0 Å². The van der Waals surface area contributed by atoms with Crippen LogP contribution in [-0.4, -0.2) is 13.6 Å². The summed E-state index contributed by atoms with van der Waals surface area (Å²) in [7, 11) is -3.69. The molecule has 6 heteroatoms. The molecule has 0 bridgehead atoms. The van der Waals surface area contributed by atoms with Gasteiger partial charge in [0.25, 0.3) is 0 Å². The third-order valence-electron chi connectivity index (χ3n) is 2.05. The fourth-order valence-electron chi connectivity index (χ4n) is 1.38. The van der Waals surface area contributed by atoms with Crippen LogP contribution < -0.4 is 4.89 Å². The average Bonchev–Trinajstić information content (AvgIpc) is 2.62. The summed E-state index contributed by atoms with van der Waals surface area (Å²) in [6.07, 6.45) is 1.37. The summed E-state index contributed by atoms with van der Waals surface area (Å²) in [5, 5.41) is 9.13. The Labute approximate surface area is 86.3 Å². The Morgan fingerprint density at radius 3 is 2.80 bits per heavy atom. The molecule has 0 aliphatic heterocycles. The van der Waals surface area contributed by atoms with E-state index in [0.29, 0.717) is 11.1 Å². The summed E-state index contributed by atoms with van der Waals surface area (Å²) < 4.78 is 27.4. The summed E-state index contributed by atoms with van der Waals surface area (Å²) >= 11 is 0. The SMILES string of the molecule is O=S(=O)(Cc1coc2ccccc12)NO. The molecule has 0 aliphatic rings. The van der Waals surface area contributed by atoms with Crippen LogP contribution in [0, 0.1) is 0 Å². The molecule has 0 saturated carbocycles. The third kappa shape index (κ3) is 2.01. The number of para-hydroxylation sites is 1. The first-order valence-corrected chi connectivity index (χ1v) is 5.86. The molecule has 1 heterocycles. The molecule has 0 amide bonds. The van der Waals surface area contributed by atoms with E-state index in [4.69, 9.17) is 9.62 Å². The Bertz CT molecular complexity index is 573. The highest BCUT2D eigenvalue weighted by atomic mass is 32.2. The van der Waals surface area contributed by atoms with Crippen molar-refractivity contribution < 1.29 is 18.0 Å². The number of rotatable bonds is 3. The minimum absolute atomic E-state index is 0.305. The lowest BCUT2D eigenvalue weighted by atomic mass is 10.2. The summed E-state index contributed by atoms with van der Waals surface area (Å²) in [6, 6.07) is 7.10. The highest BCUT2D eigenvalue weighted by Crippen LogP contribution is 2.21. The van der Waals surface area contributed by atoms with Gasteiger partial charge in [-0.05, 0) is 6.07 Å². The molecule has 0 fully saturated rings. The monoisotopic (exact) mass is 227 g/mol. The largest absolute Gasteiger partial charge is 0.464 e. The minimum Gasteiger partial charge on any atom is -0.464 e. The normalized spacial score (nSPS) is 12.1. The first-order chi connectivity index (χ1) is 7.12. The molecule has 0 aliphatic carbocycles. The number of fused-ring (bicyclic) bond motifs is 1. The molecule has 1 aromatic carbocycles. The topological polar surface area (TPSA) is 79.5 Å². The van der Waals surface area contributed by atoms with E-state index in [1.54, 1.807) is 24.3 Å². The van der Waals surface area contributed by atoms with Crippen molar-refractivity contribution in [3.05, 3.63) is 36.1 Å². The highest BCUT2D eigenvalue weighted by molar-refractivity contribution is 7.88. The molecule has 1 aromatic heterocycles. The predicted molar refractivity (Wildman–Crippen MR) is 53.8 cm³/mol. The average molecular weight is 227 g/mol. The quantitative estimate of drug-likeness (QED) is 0.773. The lowest BCUT2D eigenvalue weighted by Crippen LogP contribution is -2.20. The number of hydrogen-bond acceptors (Lipinski definition) is 4. The second-order valence-corrected chi connectivity index (χ2v) is 4.81. The predicted octanol–water partition coefficient (Wildman–Crippen LogP) is 1.24. The van der Waals surface area contributed by atoms with Crippen molar-refractivity contribution in [2.45, 2.75) is 5.75 Å². The zero-order chi connectivity index (χ0) is 10.9. The van der Waals surface area contributed by atoms with Gasteiger partial charge in [-0.25, -0.2) is 8.42 Å². The van der Waals surface area contributed by atoms with Gasteiger partial charge in [-0.1, -0.05) is 23.1 Å². The standard InChI is InChI=1S/C9H9NO4S/c11-10-15(12,13)6-7-5-14-9-4-2-1-3-8(7)9/h1-5,10-11H,6H2. The smallest absolute Gasteiger partial charge is 0.237 e. The van der Waals surface area contributed by atoms with Gasteiger partial charge < -0.3 is 9.62 Å². The zero-order valence-electron chi connectivity index (χ0n) is 7.67. The maximum absolute atomic E-state index is 11.1. The van der Waals surface area contributed by atoms with Gasteiger partial charge in [0, 0.05) is 10.9 Å². The lowest BCUT2D eigenvalue weighted by Gasteiger charge is -1.98. The summed E-state index contributed by atoms with van der Waals surface area (Å²) in [5.74, 6) is -0.305. The summed E-state index contributed by atoms with van der Waals surface area (Å²) in [6.45, 7) is 0. The number of sulfonamides is 1. The molecule has 80 valence electrons. The van der Waals surface area contributed by atoms with Crippen molar-refractivity contribution >= 4 is 21.0 Å². The second-order valence-electron chi connectivity index (χ2n) is 3.11. The van der Waals surface area contributed by atoms with Crippen molar-refractivity contribution in [2.24, 2.45) is 0 Å². The number of hydrogen-bond donors (Lipinski definition) is 2. The molecule has 2 N–H and O–H groups in total. The number of nitrogens with one attached hydrogen (secondary N) is 1. The first kappa shape index (κ1) is 10.2. The highest BCUT2D eigenvalue weighted by Gasteiger charge is 2.14. The molecule has 0 unspecified atom stereocenters. The molecule has 0 radical (unpaired) electrons. The number of benzene rings is 1. The van der Waals surface area contributed by atoms with Crippen molar-refractivity contribution in [3.63, 3.8) is 0 Å². The van der Waals surface area contributed by atoms with Crippen molar-refractivity contribution in [1.82, 2.24) is 4.89 Å². The summed E-state index contributed by atoms with van der Waals surface area (Å²) in [5.41, 5.74) is 1.15. The molecular formula is C9H9NO4S. The van der Waals surface area contributed by atoms with E-state index in [-0.39, 0.29) is 5.75 Å². The molecule has 0 atom stereocenters. The van der Waals surface area contributed by atoms with Gasteiger partial charge in [-0.3, -0.25) is 0 Å². The summed E-state index contributed by atoms with van der Waals surface area (Å²) in [4.78, 5) is 1.27. The van der Waals surface area contributed by atoms with E-state index in [0.717, 1.165) is 5.39 Å². The minimum atomic E-state index is -3.69. The van der Waals surface area contributed by atoms with Gasteiger partial charge in [0.2, 0.25) is 10.0 Å². The molecular weight excluding hydrogens is 218 g/mol. The second kappa shape index (κ2) is 3.65. The Morgan fingerprint density at radius 2 is 2.07 bits per heavy atom. The van der Waals surface area contributed by atoms with Crippen LogP contribution >= 0.6 is 0 Å². The van der Waals surface area contributed by atoms with Crippen LogP contribution in [0.4, 0.5) is 0 Å². The molecule has 2 rings (SSSR count). The lowest BCUT2D eigenvalue weighted by molar-refractivity contribution is 0.242. The van der Waals surface area contributed by atoms with E-state index in [9.17, 15) is 8.42 Å². The van der Waals surface area contributed by atoms with Crippen LogP contribution in [0.1, 0.15) is 5.56 Å². The van der Waals surface area contributed by atoms with Gasteiger partial charge in [0.1, 0.15) is 5.58 Å². The van der Waals surface area contributed by atoms with E-state index < -0.39 is 10.0 Å². The molecule has 5 nitrogen and oxygen atoms in total. The van der Waals surface area contributed by atoms with E-state index >= 15 is 0 Å². The van der Waals surface area contributed by atoms with E-state index in [1.807, 2.05) is 0 Å². The van der Waals surface area contributed by atoms with Crippen LogP contribution in [0.15, 0.2) is 34.9 Å². The molecule has 15 heavy (non-hydrogen) atoms. The third-order valence-corrected chi connectivity index (χ3v) is 3.01. The number of furan rings is 1. The molecule has 0 saturated heterocycles. The van der Waals surface area contributed by atoms with E-state index in [1.165, 1.54) is 11.1 Å². The first-order valence-electron chi connectivity index (χ1n) is 4.21. The van der Waals surface area contributed by atoms with E-state index in [2.05, 4.69) is 0 Å². The fourth-order valence-corrected chi connectivity index (χ4v) is 2.08. The van der Waals surface area contributed by atoms with Crippen LogP contribution in [0.3, 0.4) is 0 Å². The van der Waals surface area contributed by atoms with Gasteiger partial charge in [-0.2, -0.15) is 0 Å². The van der Waals surface area contributed by atoms with Crippen molar-refractivity contribution in [1.29, 1.82) is 0 Å². The fraction of sp³-hybridized carbons (Fsp3) is 0.111. The molecule has 0 spiro atoms. The Morgan fingerprint density at radius 1 is 1.33 bits per heavy atom.